The molecule has 1 aromatic heterocycles. The lowest BCUT2D eigenvalue weighted by Gasteiger charge is -2.34. The van der Waals surface area contributed by atoms with E-state index in [1.807, 2.05) is 6.92 Å². The minimum Gasteiger partial charge on any atom is -0.494 e. The number of H-pyrrole nitrogens is 1. The first-order valence-corrected chi connectivity index (χ1v) is 6.07. The quantitative estimate of drug-likeness (QED) is 0.654. The van der Waals surface area contributed by atoms with Crippen molar-refractivity contribution in [1.29, 1.82) is 0 Å². The van der Waals surface area contributed by atoms with Crippen molar-refractivity contribution in [2.24, 2.45) is 5.73 Å². The second-order valence-electron chi connectivity index (χ2n) is 4.64. The molecule has 0 spiro atoms. The predicted molar refractivity (Wildman–Crippen MR) is 68.0 cm³/mol. The number of carbonyl (C=O) groups is 1. The van der Waals surface area contributed by atoms with E-state index in [2.05, 4.69) is 4.98 Å². The molecule has 2 atom stereocenters. The fourth-order valence-electron chi connectivity index (χ4n) is 2.01. The van der Waals surface area contributed by atoms with Crippen LogP contribution in [0.1, 0.15) is 17.3 Å². The molecular weight excluding hydrogens is 250 g/mol. The van der Waals surface area contributed by atoms with E-state index in [-0.39, 0.29) is 29.5 Å². The molecule has 0 aliphatic carbocycles. The van der Waals surface area contributed by atoms with Gasteiger partial charge in [0.15, 0.2) is 5.88 Å². The second-order valence-corrected chi connectivity index (χ2v) is 4.64. The van der Waals surface area contributed by atoms with Crippen molar-refractivity contribution in [3.8, 4) is 5.88 Å². The number of nitrogens with zero attached hydrogens (tertiary/aromatic N) is 1. The number of pyridine rings is 1. The molecule has 1 aliphatic heterocycles. The van der Waals surface area contributed by atoms with E-state index in [9.17, 15) is 14.7 Å². The molecule has 2 rings (SSSR count). The Morgan fingerprint density at radius 1 is 1.63 bits per heavy atom. The summed E-state index contributed by atoms with van der Waals surface area (Å²) >= 11 is 0. The van der Waals surface area contributed by atoms with Crippen molar-refractivity contribution in [3.63, 3.8) is 0 Å². The number of morpholine rings is 1. The molecule has 7 heteroatoms. The molecule has 2 unspecified atom stereocenters. The van der Waals surface area contributed by atoms with Gasteiger partial charge in [-0.25, -0.2) is 0 Å². The molecule has 1 aromatic rings. The van der Waals surface area contributed by atoms with Crippen LogP contribution < -0.4 is 11.3 Å². The minimum absolute atomic E-state index is 0.159. The topological polar surface area (TPSA) is 109 Å². The van der Waals surface area contributed by atoms with Crippen molar-refractivity contribution in [2.45, 2.75) is 19.1 Å². The van der Waals surface area contributed by atoms with Gasteiger partial charge in [-0.05, 0) is 6.92 Å². The lowest BCUT2D eigenvalue weighted by molar-refractivity contribution is -0.0300. The highest BCUT2D eigenvalue weighted by atomic mass is 16.5. The molecule has 104 valence electrons. The first kappa shape index (κ1) is 13.6. The Morgan fingerprint density at radius 2 is 2.37 bits per heavy atom. The highest BCUT2D eigenvalue weighted by molar-refractivity contribution is 5.94. The number of rotatable bonds is 2. The Labute approximate surface area is 110 Å². The molecule has 0 saturated carbocycles. The van der Waals surface area contributed by atoms with E-state index < -0.39 is 5.56 Å². The number of ether oxygens (including phenoxy) is 1. The third-order valence-electron chi connectivity index (χ3n) is 3.04. The first-order valence-electron chi connectivity index (χ1n) is 6.07. The molecule has 7 nitrogen and oxygen atoms in total. The number of nitrogens with one attached hydrogen (secondary N) is 1. The summed E-state index contributed by atoms with van der Waals surface area (Å²) in [6.45, 7) is 3.05. The van der Waals surface area contributed by atoms with E-state index in [1.54, 1.807) is 4.90 Å². The molecule has 0 bridgehead atoms. The van der Waals surface area contributed by atoms with Gasteiger partial charge in [0.05, 0.1) is 18.3 Å². The van der Waals surface area contributed by atoms with E-state index in [0.717, 1.165) is 0 Å². The van der Waals surface area contributed by atoms with Gasteiger partial charge in [-0.2, -0.15) is 0 Å². The maximum atomic E-state index is 12.2. The molecular formula is C12H17N3O4. The molecule has 2 heterocycles. The van der Waals surface area contributed by atoms with Gasteiger partial charge in [0.2, 0.25) is 0 Å². The zero-order valence-corrected chi connectivity index (χ0v) is 10.6. The predicted octanol–water partition coefficient (Wildman–Crippen LogP) is -0.731. The smallest absolute Gasteiger partial charge is 0.254 e. The maximum absolute atomic E-state index is 12.2. The number of hydrogen-bond acceptors (Lipinski definition) is 5. The van der Waals surface area contributed by atoms with Crippen molar-refractivity contribution in [1.82, 2.24) is 9.88 Å². The van der Waals surface area contributed by atoms with Crippen LogP contribution in [-0.4, -0.2) is 52.7 Å². The van der Waals surface area contributed by atoms with Crippen molar-refractivity contribution in [2.75, 3.05) is 19.7 Å². The van der Waals surface area contributed by atoms with Gasteiger partial charge in [0, 0.05) is 31.3 Å². The average Bonchev–Trinajstić information content (AvgIpc) is 2.37. The van der Waals surface area contributed by atoms with E-state index in [4.69, 9.17) is 10.5 Å². The van der Waals surface area contributed by atoms with Crippen LogP contribution in [0.25, 0.3) is 0 Å². The molecule has 1 fully saturated rings. The molecule has 0 aromatic carbocycles. The number of aromatic amines is 1. The normalized spacial score (nSPS) is 21.2. The fourth-order valence-corrected chi connectivity index (χ4v) is 2.01. The van der Waals surface area contributed by atoms with E-state index >= 15 is 0 Å². The zero-order chi connectivity index (χ0) is 14.0. The number of nitrogens with two attached hydrogens (primary N) is 1. The standard InChI is InChI=1S/C12H17N3O4/c1-7(13)9-6-15(2-3-19-9)12(18)8-4-10(16)14-11(17)5-8/h4-5,7,9H,2-3,6,13H2,1H3,(H2,14,16,17). The molecule has 1 aliphatic rings. The maximum Gasteiger partial charge on any atom is 0.254 e. The van der Waals surface area contributed by atoms with E-state index in [1.165, 1.54) is 12.1 Å². The van der Waals surface area contributed by atoms with Gasteiger partial charge in [0.25, 0.3) is 11.5 Å². The summed E-state index contributed by atoms with van der Waals surface area (Å²) in [5.41, 5.74) is 5.40. The summed E-state index contributed by atoms with van der Waals surface area (Å²) in [7, 11) is 0. The minimum atomic E-state index is -0.514. The highest BCUT2D eigenvalue weighted by Crippen LogP contribution is 2.13. The first-order chi connectivity index (χ1) is 8.97. The Kier molecular flexibility index (Phi) is 3.87. The third-order valence-corrected chi connectivity index (χ3v) is 3.04. The van der Waals surface area contributed by atoms with Gasteiger partial charge < -0.3 is 20.5 Å². The number of carbonyl (C=O) groups excluding carboxylic acids is 1. The van der Waals surface area contributed by atoms with Crippen LogP contribution in [0.5, 0.6) is 5.88 Å². The Balaban J connectivity index is 2.17. The number of aromatic hydroxyl groups is 1. The van der Waals surface area contributed by atoms with Gasteiger partial charge in [-0.3, -0.25) is 14.6 Å². The highest BCUT2D eigenvalue weighted by Gasteiger charge is 2.27. The molecule has 1 amide bonds. The number of aromatic nitrogens is 1. The molecule has 4 N–H and O–H groups in total. The summed E-state index contributed by atoms with van der Waals surface area (Å²) in [4.78, 5) is 27.2. The third kappa shape index (κ3) is 3.12. The summed E-state index contributed by atoms with van der Waals surface area (Å²) in [6.07, 6.45) is -0.215. The largest absolute Gasteiger partial charge is 0.494 e. The summed E-state index contributed by atoms with van der Waals surface area (Å²) < 4.78 is 5.47. The van der Waals surface area contributed by atoms with Crippen molar-refractivity contribution < 1.29 is 14.6 Å². The van der Waals surface area contributed by atoms with Crippen LogP contribution in [0.15, 0.2) is 16.9 Å². The Morgan fingerprint density at radius 3 is 3.00 bits per heavy atom. The van der Waals surface area contributed by atoms with Crippen LogP contribution in [0, 0.1) is 0 Å². The Bertz CT molecular complexity index is 526. The molecule has 19 heavy (non-hydrogen) atoms. The SMILES string of the molecule is CC(N)C1CN(C(=O)c2cc(O)[nH]c(=O)c2)CCO1. The monoisotopic (exact) mass is 267 g/mol. The van der Waals surface area contributed by atoms with Crippen LogP contribution >= 0.6 is 0 Å². The summed E-state index contributed by atoms with van der Waals surface area (Å²) in [5.74, 6) is -0.636. The molecule has 0 radical (unpaired) electrons. The van der Waals surface area contributed by atoms with Gasteiger partial charge >= 0.3 is 0 Å². The summed E-state index contributed by atoms with van der Waals surface area (Å²) in [6, 6.07) is 2.22. The van der Waals surface area contributed by atoms with Crippen molar-refractivity contribution >= 4 is 5.91 Å². The van der Waals surface area contributed by atoms with Gasteiger partial charge in [-0.1, -0.05) is 0 Å². The van der Waals surface area contributed by atoms with Gasteiger partial charge in [-0.15, -0.1) is 0 Å². The van der Waals surface area contributed by atoms with Crippen molar-refractivity contribution in [3.05, 3.63) is 28.0 Å². The zero-order valence-electron chi connectivity index (χ0n) is 10.6. The molecule has 1 saturated heterocycles. The van der Waals surface area contributed by atoms with Crippen LogP contribution in [0.2, 0.25) is 0 Å². The fraction of sp³-hybridized carbons (Fsp3) is 0.500. The average molecular weight is 267 g/mol. The number of amides is 1. The van der Waals surface area contributed by atoms with Gasteiger partial charge in [0.1, 0.15) is 0 Å². The lowest BCUT2D eigenvalue weighted by atomic mass is 10.1. The Hall–Kier alpha value is -1.86. The van der Waals surface area contributed by atoms with Crippen LogP contribution in [0.3, 0.4) is 0 Å². The summed E-state index contributed by atoms with van der Waals surface area (Å²) in [5, 5.41) is 9.31. The second kappa shape index (κ2) is 5.41. The van der Waals surface area contributed by atoms with Crippen LogP contribution in [-0.2, 0) is 4.74 Å². The lowest BCUT2D eigenvalue weighted by Crippen LogP contribution is -2.51. The number of hydrogen-bond donors (Lipinski definition) is 3. The van der Waals surface area contributed by atoms with E-state index in [0.29, 0.717) is 19.7 Å². The van der Waals surface area contributed by atoms with Crippen LogP contribution in [0.4, 0.5) is 0 Å².